The van der Waals surface area contributed by atoms with Crippen molar-refractivity contribution in [1.29, 1.82) is 0 Å². The second-order valence-electron chi connectivity index (χ2n) is 4.67. The Morgan fingerprint density at radius 3 is 2.41 bits per heavy atom. The second kappa shape index (κ2) is 4.82. The number of aromatic nitrogens is 1. The van der Waals surface area contributed by atoms with Crippen LogP contribution in [0, 0.1) is 5.41 Å². The van der Waals surface area contributed by atoms with Crippen LogP contribution in [0.15, 0.2) is 12.3 Å². The summed E-state index contributed by atoms with van der Waals surface area (Å²) in [5.41, 5.74) is -1.07. The molecule has 6 heteroatoms. The maximum atomic E-state index is 12.5. The summed E-state index contributed by atoms with van der Waals surface area (Å²) in [7, 11) is 0. The molecule has 0 atom stereocenters. The average Bonchev–Trinajstić information content (AvgIpc) is 2.19. The Hall–Kier alpha value is -0.810. The monoisotopic (exact) mass is 267 g/mol. The Morgan fingerprint density at radius 2 is 1.94 bits per heavy atom. The minimum atomic E-state index is -4.43. The van der Waals surface area contributed by atoms with Crippen LogP contribution in [-0.4, -0.2) is 16.7 Å². The van der Waals surface area contributed by atoms with Crippen molar-refractivity contribution in [1.82, 2.24) is 4.98 Å². The normalized spacial score (nSPS) is 12.9. The van der Waals surface area contributed by atoms with Gasteiger partial charge in [-0.3, -0.25) is 0 Å². The van der Waals surface area contributed by atoms with Crippen molar-refractivity contribution < 1.29 is 18.3 Å². The lowest BCUT2D eigenvalue weighted by Crippen LogP contribution is -2.20. The summed E-state index contributed by atoms with van der Waals surface area (Å²) in [6.45, 7) is 3.34. The van der Waals surface area contributed by atoms with E-state index in [1.54, 1.807) is 13.8 Å². The summed E-state index contributed by atoms with van der Waals surface area (Å²) in [4.78, 5) is 3.53. The number of aliphatic hydroxyl groups excluding tert-OH is 1. The van der Waals surface area contributed by atoms with Gasteiger partial charge in [0.05, 0.1) is 5.56 Å². The van der Waals surface area contributed by atoms with Gasteiger partial charge in [0.1, 0.15) is 5.15 Å². The largest absolute Gasteiger partial charge is 0.417 e. The maximum Gasteiger partial charge on any atom is 0.417 e. The van der Waals surface area contributed by atoms with Gasteiger partial charge >= 0.3 is 6.18 Å². The first-order valence-electron chi connectivity index (χ1n) is 4.98. The minimum Gasteiger partial charge on any atom is -0.396 e. The number of halogens is 4. The Bertz CT molecular complexity index is 404. The van der Waals surface area contributed by atoms with Crippen molar-refractivity contribution in [2.75, 3.05) is 6.61 Å². The van der Waals surface area contributed by atoms with E-state index < -0.39 is 17.2 Å². The van der Waals surface area contributed by atoms with Gasteiger partial charge in [-0.15, -0.1) is 0 Å². The number of nitrogens with zero attached hydrogens (tertiary/aromatic N) is 1. The molecule has 0 saturated carbocycles. The summed E-state index contributed by atoms with van der Waals surface area (Å²) in [5, 5.41) is 9.13. The first-order valence-corrected chi connectivity index (χ1v) is 5.36. The molecule has 0 aliphatic rings. The Labute approximate surface area is 102 Å². The summed E-state index contributed by atoms with van der Waals surface area (Å²) >= 11 is 5.75. The highest BCUT2D eigenvalue weighted by atomic mass is 35.5. The lowest BCUT2D eigenvalue weighted by molar-refractivity contribution is -0.137. The van der Waals surface area contributed by atoms with E-state index in [4.69, 9.17) is 16.7 Å². The van der Waals surface area contributed by atoms with Gasteiger partial charge in [-0.25, -0.2) is 4.98 Å². The molecule has 17 heavy (non-hydrogen) atoms. The standard InChI is InChI=1S/C11H13ClF3NO/c1-10(2,6-17)4-7-3-8(11(13,14)15)5-16-9(7)12/h3,5,17H,4,6H2,1-2H3. The summed E-state index contributed by atoms with van der Waals surface area (Å²) in [6.07, 6.45) is -3.49. The first-order chi connectivity index (χ1) is 7.65. The highest BCUT2D eigenvalue weighted by Crippen LogP contribution is 2.32. The van der Waals surface area contributed by atoms with Gasteiger partial charge in [0.2, 0.25) is 0 Å². The third-order valence-corrected chi connectivity index (χ3v) is 2.68. The van der Waals surface area contributed by atoms with Crippen LogP contribution in [0.25, 0.3) is 0 Å². The predicted octanol–water partition coefficient (Wildman–Crippen LogP) is 3.31. The number of hydrogen-bond donors (Lipinski definition) is 1. The smallest absolute Gasteiger partial charge is 0.396 e. The van der Waals surface area contributed by atoms with Crippen LogP contribution in [0.5, 0.6) is 0 Å². The minimum absolute atomic E-state index is 0.0412. The third-order valence-electron chi connectivity index (χ3n) is 2.34. The molecule has 1 aromatic heterocycles. The summed E-state index contributed by atoms with van der Waals surface area (Å²) in [6, 6.07) is 0.979. The van der Waals surface area contributed by atoms with Gasteiger partial charge in [-0.2, -0.15) is 13.2 Å². The molecule has 0 aromatic carbocycles. The van der Waals surface area contributed by atoms with Crippen molar-refractivity contribution in [2.24, 2.45) is 5.41 Å². The van der Waals surface area contributed by atoms with E-state index in [9.17, 15) is 13.2 Å². The van der Waals surface area contributed by atoms with Crippen molar-refractivity contribution in [3.63, 3.8) is 0 Å². The molecule has 0 aliphatic heterocycles. The zero-order valence-corrected chi connectivity index (χ0v) is 10.2. The number of alkyl halides is 3. The molecule has 96 valence electrons. The van der Waals surface area contributed by atoms with Gasteiger partial charge in [0, 0.05) is 12.8 Å². The van der Waals surface area contributed by atoms with Gasteiger partial charge < -0.3 is 5.11 Å². The number of pyridine rings is 1. The molecular weight excluding hydrogens is 255 g/mol. The molecule has 1 N–H and O–H groups in total. The molecule has 1 heterocycles. The molecule has 0 radical (unpaired) electrons. The van der Waals surface area contributed by atoms with Crippen LogP contribution in [0.1, 0.15) is 25.0 Å². The fourth-order valence-corrected chi connectivity index (χ4v) is 1.51. The van der Waals surface area contributed by atoms with Gasteiger partial charge in [-0.05, 0) is 23.5 Å². The van der Waals surface area contributed by atoms with E-state index in [-0.39, 0.29) is 18.2 Å². The zero-order valence-electron chi connectivity index (χ0n) is 9.48. The lowest BCUT2D eigenvalue weighted by Gasteiger charge is -2.22. The first kappa shape index (κ1) is 14.3. The van der Waals surface area contributed by atoms with E-state index in [1.165, 1.54) is 0 Å². The molecule has 0 saturated heterocycles. The van der Waals surface area contributed by atoms with Crippen LogP contribution < -0.4 is 0 Å². The fraction of sp³-hybridized carbons (Fsp3) is 0.545. The Kier molecular flexibility index (Phi) is 4.04. The quantitative estimate of drug-likeness (QED) is 0.853. The summed E-state index contributed by atoms with van der Waals surface area (Å²) < 4.78 is 37.4. The van der Waals surface area contributed by atoms with E-state index >= 15 is 0 Å². The van der Waals surface area contributed by atoms with Crippen LogP contribution in [0.2, 0.25) is 5.15 Å². The van der Waals surface area contributed by atoms with E-state index in [2.05, 4.69) is 4.98 Å². The molecule has 0 fully saturated rings. The molecule has 2 nitrogen and oxygen atoms in total. The average molecular weight is 268 g/mol. The van der Waals surface area contributed by atoms with E-state index in [1.807, 2.05) is 0 Å². The maximum absolute atomic E-state index is 12.5. The lowest BCUT2D eigenvalue weighted by atomic mass is 9.87. The van der Waals surface area contributed by atoms with Gasteiger partial charge in [0.15, 0.2) is 0 Å². The molecule has 0 bridgehead atoms. The predicted molar refractivity (Wildman–Crippen MR) is 58.8 cm³/mol. The van der Waals surface area contributed by atoms with Crippen LogP contribution in [-0.2, 0) is 12.6 Å². The van der Waals surface area contributed by atoms with Crippen LogP contribution >= 0.6 is 11.6 Å². The third kappa shape index (κ3) is 3.85. The summed E-state index contributed by atoms with van der Waals surface area (Å²) in [5.74, 6) is 0. The number of hydrogen-bond acceptors (Lipinski definition) is 2. The van der Waals surface area contributed by atoms with Crippen molar-refractivity contribution in [3.05, 3.63) is 28.5 Å². The Morgan fingerprint density at radius 1 is 1.35 bits per heavy atom. The highest BCUT2D eigenvalue weighted by Gasteiger charge is 2.32. The van der Waals surface area contributed by atoms with Crippen LogP contribution in [0.3, 0.4) is 0 Å². The highest BCUT2D eigenvalue weighted by molar-refractivity contribution is 6.30. The number of rotatable bonds is 3. The van der Waals surface area contributed by atoms with Gasteiger partial charge in [0.25, 0.3) is 0 Å². The topological polar surface area (TPSA) is 33.1 Å². The van der Waals surface area contributed by atoms with Crippen molar-refractivity contribution in [2.45, 2.75) is 26.4 Å². The van der Waals surface area contributed by atoms with Crippen molar-refractivity contribution in [3.8, 4) is 0 Å². The SMILES string of the molecule is CC(C)(CO)Cc1cc(C(F)(F)F)cnc1Cl. The van der Waals surface area contributed by atoms with Crippen LogP contribution in [0.4, 0.5) is 13.2 Å². The van der Waals surface area contributed by atoms with E-state index in [0.29, 0.717) is 11.8 Å². The molecule has 0 unspecified atom stereocenters. The molecule has 0 amide bonds. The fourth-order valence-electron chi connectivity index (χ4n) is 1.34. The molecule has 1 rings (SSSR count). The molecular formula is C11H13ClF3NO. The molecule has 0 aliphatic carbocycles. The zero-order chi connectivity index (χ0) is 13.3. The van der Waals surface area contributed by atoms with E-state index in [0.717, 1.165) is 6.07 Å². The molecule has 0 spiro atoms. The Balaban J connectivity index is 3.08. The number of aliphatic hydroxyl groups is 1. The van der Waals surface area contributed by atoms with Crippen molar-refractivity contribution >= 4 is 11.6 Å². The molecule has 1 aromatic rings. The second-order valence-corrected chi connectivity index (χ2v) is 5.03. The van der Waals surface area contributed by atoms with Gasteiger partial charge in [-0.1, -0.05) is 25.4 Å².